The van der Waals surface area contributed by atoms with Crippen LogP contribution >= 0.6 is 12.2 Å². The molecule has 0 aromatic heterocycles. The number of sulfonamides is 1. The Balaban J connectivity index is 1.59. The molecule has 11 heteroatoms. The minimum absolute atomic E-state index is 0.164. The van der Waals surface area contributed by atoms with Crippen LogP contribution in [0.5, 0.6) is 0 Å². The summed E-state index contributed by atoms with van der Waals surface area (Å²) in [5.41, 5.74) is -2.51. The van der Waals surface area contributed by atoms with Crippen molar-refractivity contribution in [3.63, 3.8) is 0 Å². The number of halogens is 3. The van der Waals surface area contributed by atoms with E-state index >= 15 is 0 Å². The summed E-state index contributed by atoms with van der Waals surface area (Å²) < 4.78 is 73.7. The third-order valence-electron chi connectivity index (χ3n) is 7.28. The lowest BCUT2D eigenvalue weighted by molar-refractivity contribution is -0.258. The van der Waals surface area contributed by atoms with Crippen LogP contribution in [0, 0.1) is 5.92 Å². The van der Waals surface area contributed by atoms with Gasteiger partial charge in [0.1, 0.15) is 0 Å². The maximum Gasteiger partial charge on any atom is 0.421 e. The summed E-state index contributed by atoms with van der Waals surface area (Å²) in [6, 6.07) is 5.55. The molecule has 3 aliphatic rings. The van der Waals surface area contributed by atoms with Crippen molar-refractivity contribution >= 4 is 32.8 Å². The molecule has 198 valence electrons. The molecule has 1 aromatic rings. The lowest BCUT2D eigenvalue weighted by atomic mass is 9.90. The largest absolute Gasteiger partial charge is 0.421 e. The van der Waals surface area contributed by atoms with Crippen molar-refractivity contribution in [2.24, 2.45) is 5.92 Å². The van der Waals surface area contributed by atoms with Crippen LogP contribution in [0.1, 0.15) is 38.2 Å². The maximum atomic E-state index is 13.4. The molecule has 1 aliphatic carbocycles. The van der Waals surface area contributed by atoms with E-state index < -0.39 is 21.8 Å². The first-order chi connectivity index (χ1) is 16.9. The van der Waals surface area contributed by atoms with Crippen molar-refractivity contribution in [1.29, 1.82) is 0 Å². The molecule has 0 saturated carbocycles. The summed E-state index contributed by atoms with van der Waals surface area (Å²) in [4.78, 5) is 2.63. The highest BCUT2D eigenvalue weighted by Gasteiger charge is 2.51. The van der Waals surface area contributed by atoms with Gasteiger partial charge in [-0.2, -0.15) is 17.5 Å². The average Bonchev–Trinajstić information content (AvgIpc) is 2.84. The van der Waals surface area contributed by atoms with Crippen LogP contribution in [0.2, 0.25) is 0 Å². The van der Waals surface area contributed by atoms with E-state index in [-0.39, 0.29) is 29.6 Å². The number of allylic oxidation sites excluding steroid dienone is 4. The lowest BCUT2D eigenvalue weighted by Gasteiger charge is -2.44. The third-order valence-corrected chi connectivity index (χ3v) is 9.75. The fraction of sp³-hybridized carbons (Fsp3) is 0.560. The van der Waals surface area contributed by atoms with Crippen molar-refractivity contribution in [2.75, 3.05) is 37.7 Å². The van der Waals surface area contributed by atoms with Crippen molar-refractivity contribution < 1.29 is 31.4 Å². The smallest absolute Gasteiger partial charge is 0.381 e. The third kappa shape index (κ3) is 5.55. The minimum atomic E-state index is -4.80. The molecule has 2 fully saturated rings. The Bertz CT molecular complexity index is 1120. The molecule has 1 aromatic carbocycles. The van der Waals surface area contributed by atoms with Crippen molar-refractivity contribution in [2.45, 2.75) is 50.4 Å². The molecule has 2 saturated heterocycles. The molecule has 2 aliphatic heterocycles. The fourth-order valence-corrected chi connectivity index (χ4v) is 7.06. The quantitative estimate of drug-likeness (QED) is 0.539. The van der Waals surface area contributed by atoms with Crippen molar-refractivity contribution in [3.8, 4) is 0 Å². The number of hydrogen-bond acceptors (Lipinski definition) is 6. The monoisotopic (exact) mass is 544 g/mol. The number of benzene rings is 1. The van der Waals surface area contributed by atoms with E-state index in [1.807, 2.05) is 6.08 Å². The summed E-state index contributed by atoms with van der Waals surface area (Å²) in [7, 11) is -3.76. The normalized spacial score (nSPS) is 24.5. The molecule has 36 heavy (non-hydrogen) atoms. The Hall–Kier alpha value is -1.79. The first-order valence-electron chi connectivity index (χ1n) is 12.1. The van der Waals surface area contributed by atoms with Crippen LogP contribution in [-0.2, 0) is 20.4 Å². The van der Waals surface area contributed by atoms with Gasteiger partial charge in [0.05, 0.1) is 4.91 Å². The summed E-state index contributed by atoms with van der Waals surface area (Å²) >= 11 is 5.32. The van der Waals surface area contributed by atoms with Crippen LogP contribution in [0.4, 0.5) is 18.9 Å². The van der Waals surface area contributed by atoms with E-state index in [0.717, 1.165) is 26.2 Å². The molecule has 2 heterocycles. The van der Waals surface area contributed by atoms with Gasteiger partial charge in [0, 0.05) is 55.9 Å². The van der Waals surface area contributed by atoms with Gasteiger partial charge in [-0.1, -0.05) is 36.5 Å². The van der Waals surface area contributed by atoms with Gasteiger partial charge in [-0.3, -0.25) is 0 Å². The molecule has 0 radical (unpaired) electrons. The van der Waals surface area contributed by atoms with Gasteiger partial charge >= 0.3 is 6.18 Å². The number of rotatable bonds is 6. The summed E-state index contributed by atoms with van der Waals surface area (Å²) in [6.07, 6.45) is 3.19. The number of ether oxygens (including phenoxy) is 1. The standard InChI is InChI=1S/C25H31F3N2O4S2/c1-24(31,25(26,27)28)19-6-8-20(9-7-19)30-13-12-29(17-21(30)16-18-10-14-34-15-11-18)36(32,33)23-5-3-2-4-22(23)35/h2-3,5-9,18,21,31H,4,10-17H2,1H3/t21-,24?/m0/s1. The Morgan fingerprint density at radius 1 is 1.14 bits per heavy atom. The number of anilines is 1. The number of aliphatic hydroxyl groups is 1. The second-order valence-electron chi connectivity index (χ2n) is 9.70. The molecule has 6 nitrogen and oxygen atoms in total. The predicted octanol–water partition coefficient (Wildman–Crippen LogP) is 4.31. The molecule has 1 unspecified atom stereocenters. The summed E-state index contributed by atoms with van der Waals surface area (Å²) in [5.74, 6) is 0.358. The second-order valence-corrected chi connectivity index (χ2v) is 12.1. The zero-order valence-electron chi connectivity index (χ0n) is 20.1. The van der Waals surface area contributed by atoms with E-state index in [2.05, 4.69) is 4.90 Å². The average molecular weight is 545 g/mol. The van der Waals surface area contributed by atoms with Crippen molar-refractivity contribution in [3.05, 3.63) is 53.0 Å². The van der Waals surface area contributed by atoms with Gasteiger partial charge in [0.2, 0.25) is 10.0 Å². The fourth-order valence-electron chi connectivity index (χ4n) is 4.99. The van der Waals surface area contributed by atoms with Gasteiger partial charge in [0.15, 0.2) is 5.60 Å². The topological polar surface area (TPSA) is 70.1 Å². The molecule has 1 N–H and O–H groups in total. The minimum Gasteiger partial charge on any atom is -0.381 e. The van der Waals surface area contributed by atoms with Crippen LogP contribution < -0.4 is 4.90 Å². The summed E-state index contributed by atoms with van der Waals surface area (Å²) in [6.45, 7) is 2.93. The number of nitrogens with zero attached hydrogens (tertiary/aromatic N) is 2. The molecular weight excluding hydrogens is 513 g/mol. The van der Waals surface area contributed by atoms with Gasteiger partial charge in [-0.15, -0.1) is 0 Å². The van der Waals surface area contributed by atoms with E-state index in [1.54, 1.807) is 24.3 Å². The molecular formula is C25H31F3N2O4S2. The Morgan fingerprint density at radius 3 is 2.42 bits per heavy atom. The molecule has 0 spiro atoms. The number of alkyl halides is 3. The van der Waals surface area contributed by atoms with Gasteiger partial charge in [-0.25, -0.2) is 8.42 Å². The first kappa shape index (κ1) is 27.3. The van der Waals surface area contributed by atoms with Crippen LogP contribution in [0.15, 0.2) is 47.4 Å². The van der Waals surface area contributed by atoms with E-state index in [9.17, 15) is 26.7 Å². The Labute approximate surface area is 215 Å². The lowest BCUT2D eigenvalue weighted by Crippen LogP contribution is -2.56. The molecule has 0 amide bonds. The molecule has 0 bridgehead atoms. The highest BCUT2D eigenvalue weighted by Crippen LogP contribution is 2.39. The van der Waals surface area contributed by atoms with E-state index in [0.29, 0.717) is 42.6 Å². The van der Waals surface area contributed by atoms with Gasteiger partial charge in [-0.05, 0) is 55.9 Å². The van der Waals surface area contributed by atoms with E-state index in [1.165, 1.54) is 16.4 Å². The zero-order chi connectivity index (χ0) is 26.1. The number of hydrogen-bond donors (Lipinski definition) is 1. The Kier molecular flexibility index (Phi) is 7.97. The predicted molar refractivity (Wildman–Crippen MR) is 136 cm³/mol. The van der Waals surface area contributed by atoms with Crippen molar-refractivity contribution in [1.82, 2.24) is 4.31 Å². The number of piperazine rings is 1. The van der Waals surface area contributed by atoms with Crippen LogP contribution in [0.25, 0.3) is 0 Å². The highest BCUT2D eigenvalue weighted by atomic mass is 32.2. The van der Waals surface area contributed by atoms with Gasteiger partial charge < -0.3 is 14.7 Å². The molecule has 4 rings (SSSR count). The second kappa shape index (κ2) is 10.5. The van der Waals surface area contributed by atoms with Crippen LogP contribution in [0.3, 0.4) is 0 Å². The van der Waals surface area contributed by atoms with E-state index in [4.69, 9.17) is 17.0 Å². The zero-order valence-corrected chi connectivity index (χ0v) is 21.7. The maximum absolute atomic E-state index is 13.4. The highest BCUT2D eigenvalue weighted by molar-refractivity contribution is 7.96. The SMILES string of the molecule is CC(O)(c1ccc(N2CCN(S(=O)(=O)C3=CC=CCC3=S)C[C@@H]2CC2CCOCC2)cc1)C(F)(F)F. The first-order valence-corrected chi connectivity index (χ1v) is 13.9. The number of thiocarbonyl (C=S) groups is 1. The summed E-state index contributed by atoms with van der Waals surface area (Å²) in [5, 5.41) is 10.0. The Morgan fingerprint density at radius 2 is 1.81 bits per heavy atom. The van der Waals surface area contributed by atoms with Gasteiger partial charge in [0.25, 0.3) is 0 Å². The molecule has 2 atom stereocenters. The van der Waals surface area contributed by atoms with Crippen LogP contribution in [-0.4, -0.2) is 67.8 Å².